The molecule has 0 amide bonds. The molecule has 2 N–H and O–H groups in total. The predicted octanol–water partition coefficient (Wildman–Crippen LogP) is 5.22. The number of aryl methyl sites for hydroxylation is 1. The summed E-state index contributed by atoms with van der Waals surface area (Å²) in [5, 5.41) is 10.7. The van der Waals surface area contributed by atoms with Crippen molar-refractivity contribution in [3.8, 4) is 22.9 Å². The molecule has 0 bridgehead atoms. The maximum atomic E-state index is 9.64. The van der Waals surface area contributed by atoms with E-state index < -0.39 is 5.54 Å². The van der Waals surface area contributed by atoms with Crippen LogP contribution in [0.2, 0.25) is 0 Å². The second kappa shape index (κ2) is 8.00. The maximum absolute atomic E-state index is 9.64. The molecule has 1 unspecified atom stereocenters. The topological polar surface area (TPSA) is 71.9 Å². The Morgan fingerprint density at radius 2 is 1.96 bits per heavy atom. The van der Waals surface area contributed by atoms with Crippen molar-refractivity contribution >= 4 is 10.9 Å². The van der Waals surface area contributed by atoms with Crippen molar-refractivity contribution in [2.24, 2.45) is 11.7 Å². The first-order valence-electron chi connectivity index (χ1n) is 9.61. The van der Waals surface area contributed by atoms with E-state index in [4.69, 9.17) is 10.5 Å². The minimum Gasteiger partial charge on any atom is -0.490 e. The van der Waals surface area contributed by atoms with Crippen LogP contribution in [0.25, 0.3) is 22.0 Å². The molecule has 1 heterocycles. The summed E-state index contributed by atoms with van der Waals surface area (Å²) in [7, 11) is 0. The standard InChI is InChI=1S/C24H27N3O/c1-16(2)13-24(4,26)15-28-23-8-6-18(12-19(23)14-25)20-9-10-27-22-11-17(3)5-7-21(20)22/h5-12,16H,13,15,26H2,1-4H3. The Balaban J connectivity index is 1.91. The molecule has 0 fully saturated rings. The van der Waals surface area contributed by atoms with Gasteiger partial charge in [-0.2, -0.15) is 5.26 Å². The zero-order valence-corrected chi connectivity index (χ0v) is 17.0. The van der Waals surface area contributed by atoms with Crippen LogP contribution >= 0.6 is 0 Å². The van der Waals surface area contributed by atoms with Crippen LogP contribution < -0.4 is 10.5 Å². The lowest BCUT2D eigenvalue weighted by molar-refractivity contribution is 0.206. The van der Waals surface area contributed by atoms with Gasteiger partial charge < -0.3 is 10.5 Å². The number of nitrogens with two attached hydrogens (primary N) is 1. The normalized spacial score (nSPS) is 13.3. The summed E-state index contributed by atoms with van der Waals surface area (Å²) in [5.41, 5.74) is 10.6. The van der Waals surface area contributed by atoms with Gasteiger partial charge in [0, 0.05) is 17.1 Å². The number of hydrogen-bond acceptors (Lipinski definition) is 4. The van der Waals surface area contributed by atoms with Crippen molar-refractivity contribution in [3.05, 3.63) is 59.8 Å². The highest BCUT2D eigenvalue weighted by Crippen LogP contribution is 2.31. The van der Waals surface area contributed by atoms with Crippen molar-refractivity contribution < 1.29 is 4.74 Å². The summed E-state index contributed by atoms with van der Waals surface area (Å²) in [6.07, 6.45) is 2.66. The number of ether oxygens (including phenoxy) is 1. The molecular weight excluding hydrogens is 346 g/mol. The van der Waals surface area contributed by atoms with Gasteiger partial charge in [0.1, 0.15) is 18.4 Å². The van der Waals surface area contributed by atoms with Crippen molar-refractivity contribution in [1.29, 1.82) is 5.26 Å². The lowest BCUT2D eigenvalue weighted by atomic mass is 9.93. The van der Waals surface area contributed by atoms with E-state index >= 15 is 0 Å². The fraction of sp³-hybridized carbons (Fsp3) is 0.333. The molecule has 2 aromatic carbocycles. The molecule has 1 aromatic heterocycles. The second-order valence-electron chi connectivity index (χ2n) is 8.24. The largest absolute Gasteiger partial charge is 0.490 e. The molecule has 3 rings (SSSR count). The minimum atomic E-state index is -0.432. The Hall–Kier alpha value is -2.90. The van der Waals surface area contributed by atoms with E-state index in [2.05, 4.69) is 50.0 Å². The van der Waals surface area contributed by atoms with Gasteiger partial charge in [0.15, 0.2) is 0 Å². The van der Waals surface area contributed by atoms with E-state index in [0.717, 1.165) is 28.5 Å². The van der Waals surface area contributed by atoms with Gasteiger partial charge in [0.25, 0.3) is 0 Å². The number of nitrogens with zero attached hydrogens (tertiary/aromatic N) is 2. The van der Waals surface area contributed by atoms with Crippen molar-refractivity contribution in [2.45, 2.75) is 39.7 Å². The van der Waals surface area contributed by atoms with Gasteiger partial charge in [0.05, 0.1) is 11.1 Å². The van der Waals surface area contributed by atoms with Crippen LogP contribution in [0.3, 0.4) is 0 Å². The van der Waals surface area contributed by atoms with Crippen molar-refractivity contribution in [1.82, 2.24) is 4.98 Å². The Bertz CT molecular complexity index is 1030. The molecule has 28 heavy (non-hydrogen) atoms. The van der Waals surface area contributed by atoms with Crippen LogP contribution in [-0.2, 0) is 0 Å². The summed E-state index contributed by atoms with van der Waals surface area (Å²) in [4.78, 5) is 4.46. The molecule has 0 saturated carbocycles. The second-order valence-corrected chi connectivity index (χ2v) is 8.24. The number of rotatable bonds is 6. The van der Waals surface area contributed by atoms with E-state index in [1.54, 1.807) is 6.20 Å². The summed E-state index contributed by atoms with van der Waals surface area (Å²) in [5.74, 6) is 1.06. The van der Waals surface area contributed by atoms with Crippen LogP contribution in [0.5, 0.6) is 5.75 Å². The average Bonchev–Trinajstić information content (AvgIpc) is 2.64. The summed E-state index contributed by atoms with van der Waals surface area (Å²) in [6, 6.07) is 16.2. The quantitative estimate of drug-likeness (QED) is 0.642. The number of aromatic nitrogens is 1. The fourth-order valence-electron chi connectivity index (χ4n) is 3.65. The molecule has 0 saturated heterocycles. The average molecular weight is 374 g/mol. The summed E-state index contributed by atoms with van der Waals surface area (Å²) in [6.45, 7) is 8.69. The molecule has 4 nitrogen and oxygen atoms in total. The van der Waals surface area contributed by atoms with E-state index in [-0.39, 0.29) is 0 Å². The molecule has 144 valence electrons. The maximum Gasteiger partial charge on any atom is 0.137 e. The van der Waals surface area contributed by atoms with Gasteiger partial charge in [-0.1, -0.05) is 32.0 Å². The third-order valence-electron chi connectivity index (χ3n) is 4.74. The van der Waals surface area contributed by atoms with Gasteiger partial charge in [0.2, 0.25) is 0 Å². The summed E-state index contributed by atoms with van der Waals surface area (Å²) < 4.78 is 5.93. The first-order valence-corrected chi connectivity index (χ1v) is 9.61. The SMILES string of the molecule is Cc1ccc2c(-c3ccc(OCC(C)(N)CC(C)C)c(C#N)c3)ccnc2c1. The minimum absolute atomic E-state index is 0.372. The third kappa shape index (κ3) is 4.49. The van der Waals surface area contributed by atoms with Crippen LogP contribution in [-0.4, -0.2) is 17.1 Å². The number of nitriles is 1. The van der Waals surface area contributed by atoms with Crippen LogP contribution in [0.15, 0.2) is 48.7 Å². The highest BCUT2D eigenvalue weighted by atomic mass is 16.5. The number of benzene rings is 2. The number of fused-ring (bicyclic) bond motifs is 1. The molecule has 0 spiro atoms. The Morgan fingerprint density at radius 3 is 2.68 bits per heavy atom. The zero-order chi connectivity index (χ0) is 20.3. The molecule has 0 aliphatic heterocycles. The molecule has 1 atom stereocenters. The van der Waals surface area contributed by atoms with E-state index in [1.807, 2.05) is 31.2 Å². The van der Waals surface area contributed by atoms with Gasteiger partial charge in [-0.3, -0.25) is 4.98 Å². The van der Waals surface area contributed by atoms with Gasteiger partial charge in [-0.15, -0.1) is 0 Å². The Kier molecular flexibility index (Phi) is 5.67. The number of pyridine rings is 1. The van der Waals surface area contributed by atoms with Crippen molar-refractivity contribution in [2.75, 3.05) is 6.61 Å². The monoisotopic (exact) mass is 373 g/mol. The molecule has 3 aromatic rings. The van der Waals surface area contributed by atoms with Gasteiger partial charge >= 0.3 is 0 Å². The van der Waals surface area contributed by atoms with Gasteiger partial charge in [-0.25, -0.2) is 0 Å². The zero-order valence-electron chi connectivity index (χ0n) is 17.0. The lowest BCUT2D eigenvalue weighted by Gasteiger charge is -2.26. The van der Waals surface area contributed by atoms with Crippen LogP contribution in [0.1, 0.15) is 38.3 Å². The predicted molar refractivity (Wildman–Crippen MR) is 114 cm³/mol. The highest BCUT2D eigenvalue weighted by Gasteiger charge is 2.22. The van der Waals surface area contributed by atoms with E-state index in [0.29, 0.717) is 23.8 Å². The van der Waals surface area contributed by atoms with Gasteiger partial charge in [-0.05, 0) is 67.1 Å². The molecule has 0 aliphatic rings. The van der Waals surface area contributed by atoms with Crippen LogP contribution in [0, 0.1) is 24.2 Å². The Morgan fingerprint density at radius 1 is 1.18 bits per heavy atom. The van der Waals surface area contributed by atoms with E-state index in [9.17, 15) is 5.26 Å². The molecular formula is C24H27N3O. The van der Waals surface area contributed by atoms with Crippen molar-refractivity contribution in [3.63, 3.8) is 0 Å². The first-order chi connectivity index (χ1) is 13.3. The third-order valence-corrected chi connectivity index (χ3v) is 4.74. The fourth-order valence-corrected chi connectivity index (χ4v) is 3.65. The molecule has 0 aliphatic carbocycles. The molecule has 4 heteroatoms. The number of hydrogen-bond donors (Lipinski definition) is 1. The van der Waals surface area contributed by atoms with Crippen LogP contribution in [0.4, 0.5) is 0 Å². The smallest absolute Gasteiger partial charge is 0.137 e. The highest BCUT2D eigenvalue weighted by molar-refractivity contribution is 5.94. The Labute approximate surface area is 167 Å². The first kappa shape index (κ1) is 19.9. The lowest BCUT2D eigenvalue weighted by Crippen LogP contribution is -2.43. The molecule has 0 radical (unpaired) electrons. The van der Waals surface area contributed by atoms with E-state index in [1.165, 1.54) is 5.56 Å². The summed E-state index contributed by atoms with van der Waals surface area (Å²) >= 11 is 0.